The molecule has 0 spiro atoms. The van der Waals surface area contributed by atoms with E-state index in [1.165, 1.54) is 29.7 Å². The highest BCUT2D eigenvalue weighted by atomic mass is 32.2. The van der Waals surface area contributed by atoms with Gasteiger partial charge in [0.2, 0.25) is 0 Å². The maximum Gasteiger partial charge on any atom is 0.0418 e. The molecule has 0 unspecified atom stereocenters. The van der Waals surface area contributed by atoms with Gasteiger partial charge in [-0.25, -0.2) is 4.37 Å². The molecule has 10 heavy (non-hydrogen) atoms. The predicted molar refractivity (Wildman–Crippen MR) is 47.4 cm³/mol. The highest BCUT2D eigenvalue weighted by molar-refractivity contribution is 7.99. The van der Waals surface area contributed by atoms with Gasteiger partial charge in [0.1, 0.15) is 0 Å². The number of hydrogen-bond donors (Lipinski definition) is 1. The van der Waals surface area contributed by atoms with Crippen LogP contribution in [0.1, 0.15) is 0 Å². The van der Waals surface area contributed by atoms with Crippen molar-refractivity contribution in [2.75, 3.05) is 18.2 Å². The molecule has 0 aromatic carbocycles. The van der Waals surface area contributed by atoms with E-state index in [9.17, 15) is 0 Å². The van der Waals surface area contributed by atoms with Crippen LogP contribution in [0.2, 0.25) is 0 Å². The van der Waals surface area contributed by atoms with Crippen LogP contribution < -0.4 is 5.32 Å². The van der Waals surface area contributed by atoms with Gasteiger partial charge in [0.05, 0.1) is 0 Å². The molecule has 1 aromatic heterocycles. The number of hydrogen-bond acceptors (Lipinski definition) is 4. The molecule has 4 heteroatoms. The lowest BCUT2D eigenvalue weighted by Gasteiger charge is -1.74. The van der Waals surface area contributed by atoms with Crippen LogP contribution in [0.15, 0.2) is 17.6 Å². The minimum Gasteiger partial charge on any atom is -0.307 e. The summed E-state index contributed by atoms with van der Waals surface area (Å²) in [4.78, 5) is 0. The minimum atomic E-state index is 1.17. The van der Waals surface area contributed by atoms with E-state index in [4.69, 9.17) is 0 Å². The number of aromatic nitrogens is 1. The van der Waals surface area contributed by atoms with Gasteiger partial charge in [0, 0.05) is 29.8 Å². The smallest absolute Gasteiger partial charge is 0.0418 e. The van der Waals surface area contributed by atoms with Crippen molar-refractivity contribution in [2.24, 2.45) is 0 Å². The number of nitrogens with one attached hydrogen (secondary N) is 1. The zero-order valence-corrected chi connectivity index (χ0v) is 7.25. The molecule has 56 valence electrons. The first kappa shape index (κ1) is 8.04. The van der Waals surface area contributed by atoms with Crippen molar-refractivity contribution in [3.63, 3.8) is 0 Å². The van der Waals surface area contributed by atoms with Gasteiger partial charge in [0.25, 0.3) is 0 Å². The lowest BCUT2D eigenvalue weighted by molar-refractivity contribution is 0.885. The molecular formula is C6H10N2S2. The molecule has 0 aliphatic carbocycles. The van der Waals surface area contributed by atoms with Crippen molar-refractivity contribution in [1.82, 2.24) is 9.69 Å². The quantitative estimate of drug-likeness (QED) is 0.644. The van der Waals surface area contributed by atoms with Crippen molar-refractivity contribution in [3.05, 3.63) is 17.6 Å². The number of thioether (sulfide) groups is 1. The predicted octanol–water partition coefficient (Wildman–Crippen LogP) is 1.42. The van der Waals surface area contributed by atoms with Crippen LogP contribution in [0.4, 0.5) is 0 Å². The van der Waals surface area contributed by atoms with Gasteiger partial charge in [-0.3, -0.25) is 0 Å². The molecule has 1 aliphatic rings. The summed E-state index contributed by atoms with van der Waals surface area (Å²) in [6, 6.07) is 1.91. The summed E-state index contributed by atoms with van der Waals surface area (Å²) in [6.07, 6.45) is 1.77. The van der Waals surface area contributed by atoms with Gasteiger partial charge in [0.15, 0.2) is 0 Å². The average molecular weight is 174 g/mol. The molecule has 1 aromatic rings. The molecule has 1 saturated heterocycles. The summed E-state index contributed by atoms with van der Waals surface area (Å²) >= 11 is 3.43. The van der Waals surface area contributed by atoms with E-state index < -0.39 is 0 Å². The van der Waals surface area contributed by atoms with E-state index in [0.717, 1.165) is 0 Å². The molecule has 0 amide bonds. The molecule has 0 saturated carbocycles. The number of nitrogens with zero attached hydrogens (tertiary/aromatic N) is 1. The molecule has 2 heterocycles. The standard InChI is InChI=1S/C3H7NS.C3H3NS/c1-2-5-3-4-1;1-2-4-5-3-1/h4H,1-3H2;1-3H. The van der Waals surface area contributed by atoms with Crippen molar-refractivity contribution in [1.29, 1.82) is 0 Å². The van der Waals surface area contributed by atoms with Crippen molar-refractivity contribution in [3.8, 4) is 0 Å². The van der Waals surface area contributed by atoms with Gasteiger partial charge >= 0.3 is 0 Å². The molecule has 0 radical (unpaired) electrons. The Bertz CT molecular complexity index is 113. The molecule has 1 N–H and O–H groups in total. The van der Waals surface area contributed by atoms with E-state index in [-0.39, 0.29) is 0 Å². The highest BCUT2D eigenvalue weighted by Crippen LogP contribution is 1.99. The molecule has 2 nitrogen and oxygen atoms in total. The fourth-order valence-electron chi connectivity index (χ4n) is 0.537. The minimum absolute atomic E-state index is 1.17. The summed E-state index contributed by atoms with van der Waals surface area (Å²) in [6.45, 7) is 1.21. The Morgan fingerprint density at radius 1 is 1.50 bits per heavy atom. The molecule has 1 fully saturated rings. The Morgan fingerprint density at radius 3 is 2.70 bits per heavy atom. The van der Waals surface area contributed by atoms with Crippen LogP contribution in [0.25, 0.3) is 0 Å². The maximum absolute atomic E-state index is 3.76. The Balaban J connectivity index is 0.0000001000. The van der Waals surface area contributed by atoms with Gasteiger partial charge in [-0.1, -0.05) is 0 Å². The van der Waals surface area contributed by atoms with Crippen molar-refractivity contribution >= 4 is 23.3 Å². The van der Waals surface area contributed by atoms with Gasteiger partial charge in [-0.2, -0.15) is 0 Å². The fourth-order valence-corrected chi connectivity index (χ4v) is 1.61. The third-order valence-corrected chi connectivity index (χ3v) is 2.40. The van der Waals surface area contributed by atoms with E-state index >= 15 is 0 Å². The average Bonchev–Trinajstić information content (AvgIpc) is 2.67. The fraction of sp³-hybridized carbons (Fsp3) is 0.500. The second kappa shape index (κ2) is 5.70. The summed E-state index contributed by atoms with van der Waals surface area (Å²) in [5.74, 6) is 2.47. The van der Waals surface area contributed by atoms with Gasteiger partial charge in [-0.15, -0.1) is 11.8 Å². The molecule has 0 bridgehead atoms. The summed E-state index contributed by atoms with van der Waals surface area (Å²) in [5, 5.41) is 5.12. The Hall–Kier alpha value is -0.0600. The van der Waals surface area contributed by atoms with Crippen LogP contribution >= 0.6 is 23.3 Å². The van der Waals surface area contributed by atoms with Gasteiger partial charge in [-0.05, 0) is 17.6 Å². The third kappa shape index (κ3) is 3.87. The third-order valence-electron chi connectivity index (χ3n) is 0.975. The molecule has 1 aliphatic heterocycles. The first-order chi connectivity index (χ1) is 5.00. The zero-order valence-electron chi connectivity index (χ0n) is 5.62. The Labute approximate surface area is 69.2 Å². The molecule has 2 rings (SSSR count). The second-order valence-electron chi connectivity index (χ2n) is 1.74. The van der Waals surface area contributed by atoms with Crippen LogP contribution in [-0.4, -0.2) is 22.5 Å². The Morgan fingerprint density at radius 2 is 2.50 bits per heavy atom. The highest BCUT2D eigenvalue weighted by Gasteiger charge is 1.93. The lowest BCUT2D eigenvalue weighted by atomic mass is 10.8. The maximum atomic E-state index is 3.76. The second-order valence-corrected chi connectivity index (χ2v) is 3.54. The van der Waals surface area contributed by atoms with Crippen molar-refractivity contribution < 1.29 is 0 Å². The zero-order chi connectivity index (χ0) is 7.07. The monoisotopic (exact) mass is 174 g/mol. The number of rotatable bonds is 0. The normalized spacial score (nSPS) is 16.0. The largest absolute Gasteiger partial charge is 0.307 e. The first-order valence-electron chi connectivity index (χ1n) is 3.13. The summed E-state index contributed by atoms with van der Waals surface area (Å²) in [5.41, 5.74) is 0. The molecular weight excluding hydrogens is 164 g/mol. The van der Waals surface area contributed by atoms with E-state index in [2.05, 4.69) is 9.69 Å². The first-order valence-corrected chi connectivity index (χ1v) is 5.12. The van der Waals surface area contributed by atoms with E-state index in [1.807, 2.05) is 23.2 Å². The van der Waals surface area contributed by atoms with E-state index in [0.29, 0.717) is 0 Å². The van der Waals surface area contributed by atoms with E-state index in [1.54, 1.807) is 6.20 Å². The van der Waals surface area contributed by atoms with Crippen LogP contribution in [-0.2, 0) is 0 Å². The van der Waals surface area contributed by atoms with Crippen molar-refractivity contribution in [2.45, 2.75) is 0 Å². The summed E-state index contributed by atoms with van der Waals surface area (Å²) in [7, 11) is 0. The topological polar surface area (TPSA) is 24.9 Å². The molecule has 0 atom stereocenters. The summed E-state index contributed by atoms with van der Waals surface area (Å²) < 4.78 is 3.76. The van der Waals surface area contributed by atoms with Crippen LogP contribution in [0.3, 0.4) is 0 Å². The van der Waals surface area contributed by atoms with Crippen LogP contribution in [0, 0.1) is 0 Å². The lowest BCUT2D eigenvalue weighted by Crippen LogP contribution is -2.04. The van der Waals surface area contributed by atoms with Crippen LogP contribution in [0.5, 0.6) is 0 Å². The Kier molecular flexibility index (Phi) is 4.59. The van der Waals surface area contributed by atoms with Gasteiger partial charge < -0.3 is 5.32 Å². The SMILES string of the molecule is C1CSCN1.c1cnsc1.